The molecule has 0 spiro atoms. The molecule has 0 aliphatic heterocycles. The van der Waals surface area contributed by atoms with E-state index in [9.17, 15) is 0 Å². The summed E-state index contributed by atoms with van der Waals surface area (Å²) < 4.78 is 4.86. The van der Waals surface area contributed by atoms with Crippen molar-refractivity contribution < 1.29 is 0 Å². The molecule has 0 saturated heterocycles. The Morgan fingerprint density at radius 3 is 1.40 bits per heavy atom. The van der Waals surface area contributed by atoms with E-state index in [1.54, 1.807) is 0 Å². The average molecular weight is 740 g/mol. The summed E-state index contributed by atoms with van der Waals surface area (Å²) in [6, 6.07) is 71.1. The molecule has 12 aromatic rings. The number of benzene rings is 9. The molecule has 58 heavy (non-hydrogen) atoms. The van der Waals surface area contributed by atoms with Crippen LogP contribution in [0.5, 0.6) is 0 Å². The zero-order valence-electron chi connectivity index (χ0n) is 31.3. The predicted molar refractivity (Wildman–Crippen MR) is 240 cm³/mol. The van der Waals surface area contributed by atoms with Crippen LogP contribution in [0.3, 0.4) is 0 Å². The minimum absolute atomic E-state index is 0.622. The van der Waals surface area contributed by atoms with E-state index < -0.39 is 0 Å². The lowest BCUT2D eigenvalue weighted by molar-refractivity contribution is 1.07. The van der Waals surface area contributed by atoms with Crippen molar-refractivity contribution in [3.63, 3.8) is 0 Å². The quantitative estimate of drug-likeness (QED) is 0.177. The van der Waals surface area contributed by atoms with Crippen LogP contribution in [0.1, 0.15) is 0 Å². The lowest BCUT2D eigenvalue weighted by Gasteiger charge is -2.16. The number of fused-ring (bicyclic) bond motifs is 8. The zero-order valence-corrected chi connectivity index (χ0v) is 31.3. The summed E-state index contributed by atoms with van der Waals surface area (Å²) in [4.78, 5) is 15.3. The molecule has 0 aliphatic carbocycles. The number of rotatable bonds is 5. The van der Waals surface area contributed by atoms with Gasteiger partial charge in [0, 0.05) is 49.3 Å². The van der Waals surface area contributed by atoms with Gasteiger partial charge in [-0.3, -0.25) is 0 Å². The van der Waals surface area contributed by atoms with Gasteiger partial charge in [0.15, 0.2) is 17.5 Å². The van der Waals surface area contributed by atoms with Crippen LogP contribution in [0.15, 0.2) is 200 Å². The molecule has 0 unspecified atom stereocenters. The second-order valence-electron chi connectivity index (χ2n) is 14.9. The van der Waals surface area contributed by atoms with Crippen LogP contribution in [0, 0.1) is 0 Å². The Hall–Kier alpha value is -7.89. The summed E-state index contributed by atoms with van der Waals surface area (Å²) in [6.45, 7) is 0. The van der Waals surface area contributed by atoms with Crippen molar-refractivity contribution in [2.24, 2.45) is 0 Å². The van der Waals surface area contributed by atoms with E-state index in [1.807, 2.05) is 36.4 Å². The summed E-state index contributed by atoms with van der Waals surface area (Å²) in [5.41, 5.74) is 9.59. The first-order valence-electron chi connectivity index (χ1n) is 19.6. The Balaban J connectivity index is 1.17. The molecule has 0 amide bonds. The van der Waals surface area contributed by atoms with Gasteiger partial charge < -0.3 is 9.13 Å². The number of para-hydroxylation sites is 2. The first kappa shape index (κ1) is 32.4. The van der Waals surface area contributed by atoms with Gasteiger partial charge >= 0.3 is 0 Å². The highest BCUT2D eigenvalue weighted by atomic mass is 15.0. The fourth-order valence-corrected chi connectivity index (χ4v) is 8.83. The van der Waals surface area contributed by atoms with Gasteiger partial charge in [0.25, 0.3) is 0 Å². The van der Waals surface area contributed by atoms with E-state index in [0.717, 1.165) is 49.9 Å². The first-order chi connectivity index (χ1) is 28.7. The highest BCUT2D eigenvalue weighted by Crippen LogP contribution is 2.41. The standard InChI is InChI=1S/C53H33N5/c1-3-15-34(16-4-1)51-54-52(35-17-5-2-6-18-35)56-53(55-51)39-29-38-21-9-10-22-41(38)48(32-39)58-49-31-37-20-8-7-19-36(37)30-45(49)44-28-27-40(33-50(44)58)57-46-25-13-11-23-42(46)43-24-12-14-26-47(43)57/h1-33H. The van der Waals surface area contributed by atoms with Gasteiger partial charge in [0.05, 0.1) is 27.8 Å². The molecule has 5 heteroatoms. The average Bonchev–Trinajstić information content (AvgIpc) is 3.80. The normalized spacial score (nSPS) is 11.8. The zero-order chi connectivity index (χ0) is 38.2. The van der Waals surface area contributed by atoms with Crippen molar-refractivity contribution in [1.29, 1.82) is 0 Å². The van der Waals surface area contributed by atoms with Crippen molar-refractivity contribution in [2.45, 2.75) is 0 Å². The SMILES string of the molecule is c1ccc(-c2nc(-c3ccccc3)nc(-c3cc(-n4c5cc(-n6c7ccccc7c7ccccc76)ccc5c5cc6ccccc6cc54)c4ccccc4c3)n2)cc1. The van der Waals surface area contributed by atoms with Gasteiger partial charge in [-0.25, -0.2) is 15.0 Å². The first-order valence-corrected chi connectivity index (χ1v) is 19.6. The number of aromatic nitrogens is 5. The van der Waals surface area contributed by atoms with Crippen LogP contribution in [-0.2, 0) is 0 Å². The van der Waals surface area contributed by atoms with E-state index in [4.69, 9.17) is 15.0 Å². The molecular weight excluding hydrogens is 707 g/mol. The Morgan fingerprint density at radius 2 is 0.759 bits per heavy atom. The minimum atomic E-state index is 0.622. The Morgan fingerprint density at radius 1 is 0.276 bits per heavy atom. The molecule has 0 bridgehead atoms. The Labute approximate surface area is 333 Å². The van der Waals surface area contributed by atoms with Crippen molar-refractivity contribution in [1.82, 2.24) is 24.1 Å². The highest BCUT2D eigenvalue weighted by molar-refractivity contribution is 6.16. The summed E-state index contributed by atoms with van der Waals surface area (Å²) in [7, 11) is 0. The number of hydrogen-bond donors (Lipinski definition) is 0. The maximum absolute atomic E-state index is 5.17. The Bertz CT molecular complexity index is 3450. The fraction of sp³-hybridized carbons (Fsp3) is 0. The third-order valence-electron chi connectivity index (χ3n) is 11.5. The third kappa shape index (κ3) is 5.07. The Kier molecular flexibility index (Phi) is 7.16. The second kappa shape index (κ2) is 12.8. The van der Waals surface area contributed by atoms with Crippen LogP contribution in [-0.4, -0.2) is 24.1 Å². The number of hydrogen-bond acceptors (Lipinski definition) is 3. The van der Waals surface area contributed by atoms with E-state index in [0.29, 0.717) is 17.5 Å². The molecule has 0 atom stereocenters. The van der Waals surface area contributed by atoms with Gasteiger partial charge in [0.1, 0.15) is 0 Å². The van der Waals surface area contributed by atoms with Crippen molar-refractivity contribution in [3.8, 4) is 45.5 Å². The highest BCUT2D eigenvalue weighted by Gasteiger charge is 2.20. The van der Waals surface area contributed by atoms with Gasteiger partial charge in [0.2, 0.25) is 0 Å². The summed E-state index contributed by atoms with van der Waals surface area (Å²) >= 11 is 0. The molecular formula is C53H33N5. The van der Waals surface area contributed by atoms with Crippen LogP contribution in [0.2, 0.25) is 0 Å². The van der Waals surface area contributed by atoms with E-state index >= 15 is 0 Å². The summed E-state index contributed by atoms with van der Waals surface area (Å²) in [5, 5.41) is 9.53. The van der Waals surface area contributed by atoms with Gasteiger partial charge in [-0.15, -0.1) is 0 Å². The molecule has 12 rings (SSSR count). The molecule has 3 heterocycles. The molecule has 0 radical (unpaired) electrons. The lowest BCUT2D eigenvalue weighted by atomic mass is 10.0. The van der Waals surface area contributed by atoms with Crippen molar-refractivity contribution in [2.75, 3.05) is 0 Å². The van der Waals surface area contributed by atoms with Crippen LogP contribution >= 0.6 is 0 Å². The number of nitrogens with zero attached hydrogens (tertiary/aromatic N) is 5. The fourth-order valence-electron chi connectivity index (χ4n) is 8.83. The maximum Gasteiger partial charge on any atom is 0.164 e. The maximum atomic E-state index is 5.17. The summed E-state index contributed by atoms with van der Waals surface area (Å²) in [6.07, 6.45) is 0. The van der Waals surface area contributed by atoms with E-state index in [-0.39, 0.29) is 0 Å². The largest absolute Gasteiger partial charge is 0.309 e. The second-order valence-corrected chi connectivity index (χ2v) is 14.9. The van der Waals surface area contributed by atoms with Gasteiger partial charge in [-0.1, -0.05) is 152 Å². The smallest absolute Gasteiger partial charge is 0.164 e. The molecule has 0 aliphatic rings. The molecule has 270 valence electrons. The predicted octanol–water partition coefficient (Wildman–Crippen LogP) is 13.4. The molecule has 0 saturated carbocycles. The lowest BCUT2D eigenvalue weighted by Crippen LogP contribution is -2.02. The van der Waals surface area contributed by atoms with Crippen molar-refractivity contribution in [3.05, 3.63) is 200 Å². The molecule has 9 aromatic carbocycles. The summed E-state index contributed by atoms with van der Waals surface area (Å²) in [5.74, 6) is 1.90. The van der Waals surface area contributed by atoms with Crippen LogP contribution in [0.4, 0.5) is 0 Å². The van der Waals surface area contributed by atoms with E-state index in [2.05, 4.69) is 173 Å². The topological polar surface area (TPSA) is 48.5 Å². The van der Waals surface area contributed by atoms with Crippen LogP contribution < -0.4 is 0 Å². The minimum Gasteiger partial charge on any atom is -0.309 e. The molecule has 5 nitrogen and oxygen atoms in total. The molecule has 0 fully saturated rings. The molecule has 3 aromatic heterocycles. The van der Waals surface area contributed by atoms with Gasteiger partial charge in [-0.05, 0) is 64.7 Å². The van der Waals surface area contributed by atoms with Crippen LogP contribution in [0.25, 0.3) is 111 Å². The monoisotopic (exact) mass is 739 g/mol. The molecule has 0 N–H and O–H groups in total. The van der Waals surface area contributed by atoms with E-state index in [1.165, 1.54) is 43.4 Å². The van der Waals surface area contributed by atoms with Gasteiger partial charge in [-0.2, -0.15) is 0 Å². The van der Waals surface area contributed by atoms with Crippen molar-refractivity contribution >= 4 is 65.2 Å². The third-order valence-corrected chi connectivity index (χ3v) is 11.5.